The van der Waals surface area contributed by atoms with Crippen LogP contribution in [0.1, 0.15) is 114 Å². The molecular formula is C27H42N2. The Morgan fingerprint density at radius 1 is 0.690 bits per heavy atom. The number of nitrogens with zero attached hydrogens (tertiary/aromatic N) is 2. The van der Waals surface area contributed by atoms with Gasteiger partial charge in [0, 0.05) is 18.8 Å². The van der Waals surface area contributed by atoms with E-state index in [-0.39, 0.29) is 0 Å². The molecule has 0 fully saturated rings. The molecule has 0 spiro atoms. The summed E-state index contributed by atoms with van der Waals surface area (Å²) >= 11 is 0. The Bertz CT molecular complexity index is 621. The van der Waals surface area contributed by atoms with Crippen LogP contribution in [0.3, 0.4) is 0 Å². The molecule has 1 atom stereocenters. The van der Waals surface area contributed by atoms with Gasteiger partial charge < -0.3 is 0 Å². The van der Waals surface area contributed by atoms with Gasteiger partial charge in [-0.25, -0.2) is 9.97 Å². The Morgan fingerprint density at radius 3 is 1.93 bits per heavy atom. The Labute approximate surface area is 179 Å². The van der Waals surface area contributed by atoms with Gasteiger partial charge in [0.1, 0.15) is 5.82 Å². The Hall–Kier alpha value is -1.70. The molecule has 2 nitrogen and oxygen atoms in total. The van der Waals surface area contributed by atoms with Gasteiger partial charge in [-0.3, -0.25) is 0 Å². The van der Waals surface area contributed by atoms with Crippen molar-refractivity contribution < 1.29 is 0 Å². The maximum Gasteiger partial charge on any atom is 0.128 e. The van der Waals surface area contributed by atoms with Crippen molar-refractivity contribution in [2.75, 3.05) is 0 Å². The summed E-state index contributed by atoms with van der Waals surface area (Å²) in [4.78, 5) is 8.96. The summed E-state index contributed by atoms with van der Waals surface area (Å²) in [5, 5.41) is 0. The number of rotatable bonds is 16. The van der Waals surface area contributed by atoms with Crippen molar-refractivity contribution in [2.45, 2.75) is 110 Å². The Morgan fingerprint density at radius 2 is 1.28 bits per heavy atom. The first-order valence-electron chi connectivity index (χ1n) is 12.2. The van der Waals surface area contributed by atoms with E-state index in [9.17, 15) is 0 Å². The fraction of sp³-hybridized carbons (Fsp3) is 0.630. The lowest BCUT2D eigenvalue weighted by atomic mass is 9.89. The Kier molecular flexibility index (Phi) is 12.3. The maximum absolute atomic E-state index is 4.48. The van der Waals surface area contributed by atoms with Crippen LogP contribution in [0.2, 0.25) is 0 Å². The van der Waals surface area contributed by atoms with Crippen LogP contribution < -0.4 is 0 Å². The average molecular weight is 395 g/mol. The van der Waals surface area contributed by atoms with E-state index in [1.165, 1.54) is 94.6 Å². The molecule has 1 heterocycles. The van der Waals surface area contributed by atoms with Crippen molar-refractivity contribution in [1.82, 2.24) is 9.97 Å². The topological polar surface area (TPSA) is 25.8 Å². The summed E-state index contributed by atoms with van der Waals surface area (Å²) in [6, 6.07) is 11.4. The molecule has 1 aromatic carbocycles. The lowest BCUT2D eigenvalue weighted by molar-refractivity contribution is 0.534. The Balaban J connectivity index is 1.87. The van der Waals surface area contributed by atoms with Crippen molar-refractivity contribution >= 4 is 0 Å². The zero-order chi connectivity index (χ0) is 20.6. The van der Waals surface area contributed by atoms with Crippen LogP contribution in [0, 0.1) is 0 Å². The summed E-state index contributed by atoms with van der Waals surface area (Å²) < 4.78 is 0. The van der Waals surface area contributed by atoms with E-state index >= 15 is 0 Å². The molecule has 0 saturated heterocycles. The largest absolute Gasteiger partial charge is 0.241 e. The zero-order valence-corrected chi connectivity index (χ0v) is 18.9. The van der Waals surface area contributed by atoms with Crippen molar-refractivity contribution in [3.8, 4) is 0 Å². The molecule has 0 amide bonds. The van der Waals surface area contributed by atoms with Gasteiger partial charge in [0.05, 0.1) is 0 Å². The van der Waals surface area contributed by atoms with Gasteiger partial charge in [0.25, 0.3) is 0 Å². The number of unbranched alkanes of at least 4 members (excludes halogenated alkanes) is 9. The lowest BCUT2D eigenvalue weighted by Gasteiger charge is -2.17. The van der Waals surface area contributed by atoms with Crippen LogP contribution in [0.25, 0.3) is 0 Å². The molecule has 0 radical (unpaired) electrons. The molecule has 29 heavy (non-hydrogen) atoms. The second-order valence-corrected chi connectivity index (χ2v) is 8.53. The third kappa shape index (κ3) is 10.1. The van der Waals surface area contributed by atoms with Gasteiger partial charge in [-0.1, -0.05) is 102 Å². The summed E-state index contributed by atoms with van der Waals surface area (Å²) in [5.41, 5.74) is 2.95. The molecule has 1 unspecified atom stereocenters. The first-order valence-corrected chi connectivity index (χ1v) is 12.2. The summed E-state index contributed by atoms with van der Waals surface area (Å²) in [7, 11) is 0. The van der Waals surface area contributed by atoms with Crippen LogP contribution >= 0.6 is 0 Å². The second-order valence-electron chi connectivity index (χ2n) is 8.53. The molecule has 160 valence electrons. The molecule has 0 bridgehead atoms. The van der Waals surface area contributed by atoms with Gasteiger partial charge in [0.2, 0.25) is 0 Å². The average Bonchev–Trinajstić information content (AvgIpc) is 2.76. The highest BCUT2D eigenvalue weighted by Gasteiger charge is 2.14. The number of hydrogen-bond acceptors (Lipinski definition) is 2. The van der Waals surface area contributed by atoms with Crippen LogP contribution in [-0.2, 0) is 12.8 Å². The fourth-order valence-electron chi connectivity index (χ4n) is 4.10. The second kappa shape index (κ2) is 15.2. The molecule has 0 aliphatic heterocycles. The molecule has 2 heteroatoms. The number of aryl methyl sites for hydroxylation is 1. The molecule has 0 saturated carbocycles. The SMILES string of the molecule is CCCCCCCCc1ccc(C(CCCCCCC)Cc2ncccn2)cc1. The van der Waals surface area contributed by atoms with Crippen LogP contribution in [0.5, 0.6) is 0 Å². The van der Waals surface area contributed by atoms with E-state index < -0.39 is 0 Å². The predicted octanol–water partition coefficient (Wildman–Crippen LogP) is 8.07. The predicted molar refractivity (Wildman–Crippen MR) is 125 cm³/mol. The quantitative estimate of drug-likeness (QED) is 0.269. The highest BCUT2D eigenvalue weighted by Crippen LogP contribution is 2.26. The normalized spacial score (nSPS) is 12.2. The van der Waals surface area contributed by atoms with E-state index in [2.05, 4.69) is 48.1 Å². The van der Waals surface area contributed by atoms with Crippen molar-refractivity contribution in [3.05, 3.63) is 59.7 Å². The van der Waals surface area contributed by atoms with Gasteiger partial charge in [0.15, 0.2) is 0 Å². The molecule has 0 aliphatic carbocycles. The highest BCUT2D eigenvalue weighted by atomic mass is 14.8. The monoisotopic (exact) mass is 394 g/mol. The first-order chi connectivity index (χ1) is 14.3. The standard InChI is InChI=1S/C27H42N2/c1-3-5-7-9-11-12-15-24-17-19-25(20-18-24)26(16-13-10-8-6-4-2)23-27-28-21-14-22-29-27/h14,17-22,26H,3-13,15-16,23H2,1-2H3. The van der Waals surface area contributed by atoms with Gasteiger partial charge in [-0.05, 0) is 42.4 Å². The molecule has 1 aromatic heterocycles. The molecule has 2 aromatic rings. The third-order valence-electron chi connectivity index (χ3n) is 5.97. The molecule has 0 aliphatic rings. The summed E-state index contributed by atoms with van der Waals surface area (Å²) in [6.45, 7) is 4.56. The lowest BCUT2D eigenvalue weighted by Crippen LogP contribution is -2.06. The fourth-order valence-corrected chi connectivity index (χ4v) is 4.10. The van der Waals surface area contributed by atoms with Crippen molar-refractivity contribution in [2.24, 2.45) is 0 Å². The smallest absolute Gasteiger partial charge is 0.128 e. The molecular weight excluding hydrogens is 352 g/mol. The van der Waals surface area contributed by atoms with E-state index in [1.807, 2.05) is 18.5 Å². The highest BCUT2D eigenvalue weighted by molar-refractivity contribution is 5.26. The van der Waals surface area contributed by atoms with E-state index in [4.69, 9.17) is 0 Å². The minimum Gasteiger partial charge on any atom is -0.241 e. The maximum atomic E-state index is 4.48. The van der Waals surface area contributed by atoms with Gasteiger partial charge in [-0.15, -0.1) is 0 Å². The summed E-state index contributed by atoms with van der Waals surface area (Å²) in [6.07, 6.45) is 22.0. The van der Waals surface area contributed by atoms with Crippen molar-refractivity contribution in [3.63, 3.8) is 0 Å². The minimum absolute atomic E-state index is 0.530. The summed E-state index contributed by atoms with van der Waals surface area (Å²) in [5.74, 6) is 1.50. The van der Waals surface area contributed by atoms with Crippen LogP contribution in [0.15, 0.2) is 42.7 Å². The van der Waals surface area contributed by atoms with E-state index in [0.29, 0.717) is 5.92 Å². The van der Waals surface area contributed by atoms with Crippen LogP contribution in [-0.4, -0.2) is 9.97 Å². The van der Waals surface area contributed by atoms with Gasteiger partial charge >= 0.3 is 0 Å². The number of hydrogen-bond donors (Lipinski definition) is 0. The minimum atomic E-state index is 0.530. The van der Waals surface area contributed by atoms with Crippen LogP contribution in [0.4, 0.5) is 0 Å². The van der Waals surface area contributed by atoms with Gasteiger partial charge in [-0.2, -0.15) is 0 Å². The number of benzene rings is 1. The molecule has 0 N–H and O–H groups in total. The van der Waals surface area contributed by atoms with Crippen molar-refractivity contribution in [1.29, 1.82) is 0 Å². The third-order valence-corrected chi connectivity index (χ3v) is 5.97. The van der Waals surface area contributed by atoms with E-state index in [1.54, 1.807) is 0 Å². The van der Waals surface area contributed by atoms with E-state index in [0.717, 1.165) is 12.2 Å². The molecule has 2 rings (SSSR count). The zero-order valence-electron chi connectivity index (χ0n) is 18.9. The number of aromatic nitrogens is 2. The first kappa shape index (κ1) is 23.6.